The number of halogens is 3. The van der Waals surface area contributed by atoms with Crippen LogP contribution in [0.25, 0.3) is 0 Å². The summed E-state index contributed by atoms with van der Waals surface area (Å²) >= 11 is 0. The van der Waals surface area contributed by atoms with Crippen LogP contribution in [-0.2, 0) is 23.9 Å². The molecular formula is C21H22F3N3O2. The molecule has 0 saturated heterocycles. The van der Waals surface area contributed by atoms with Crippen molar-refractivity contribution in [3.8, 4) is 0 Å². The number of alkyl halides is 3. The summed E-state index contributed by atoms with van der Waals surface area (Å²) in [6.07, 6.45) is -3.67. The Bertz CT molecular complexity index is 908. The molecule has 2 N–H and O–H groups in total. The van der Waals surface area contributed by atoms with E-state index < -0.39 is 17.8 Å². The fourth-order valence-corrected chi connectivity index (χ4v) is 3.22. The summed E-state index contributed by atoms with van der Waals surface area (Å²) in [5, 5.41) is 5.19. The molecule has 1 heterocycles. The van der Waals surface area contributed by atoms with Crippen LogP contribution in [0.15, 0.2) is 42.5 Å². The Morgan fingerprint density at radius 1 is 0.966 bits per heavy atom. The molecule has 1 aliphatic heterocycles. The topological polar surface area (TPSA) is 61.4 Å². The molecule has 0 saturated carbocycles. The van der Waals surface area contributed by atoms with Crippen molar-refractivity contribution >= 4 is 23.3 Å². The van der Waals surface area contributed by atoms with Crippen molar-refractivity contribution in [2.75, 3.05) is 17.2 Å². The fraction of sp³-hybridized carbons (Fsp3) is 0.333. The Labute approximate surface area is 166 Å². The summed E-state index contributed by atoms with van der Waals surface area (Å²) in [5.41, 5.74) is 2.12. The largest absolute Gasteiger partial charge is 0.416 e. The number of carbonyl (C=O) groups excluding carboxylic acids is 2. The summed E-state index contributed by atoms with van der Waals surface area (Å²) in [5.74, 6) is 0.0152. The third-order valence-electron chi connectivity index (χ3n) is 4.75. The van der Waals surface area contributed by atoms with E-state index >= 15 is 0 Å². The number of benzene rings is 2. The molecule has 3 amide bonds. The number of hydrogen-bond donors (Lipinski definition) is 2. The number of fused-ring (bicyclic) bond motifs is 1. The van der Waals surface area contributed by atoms with Crippen LogP contribution >= 0.6 is 0 Å². The second-order valence-electron chi connectivity index (χ2n) is 7.30. The maximum atomic E-state index is 12.6. The van der Waals surface area contributed by atoms with Gasteiger partial charge in [-0.25, -0.2) is 4.79 Å². The monoisotopic (exact) mass is 405 g/mol. The summed E-state index contributed by atoms with van der Waals surface area (Å²) in [6.45, 7) is 4.89. The van der Waals surface area contributed by atoms with E-state index in [1.165, 1.54) is 12.1 Å². The lowest BCUT2D eigenvalue weighted by atomic mass is 9.98. The van der Waals surface area contributed by atoms with Crippen molar-refractivity contribution in [3.63, 3.8) is 0 Å². The van der Waals surface area contributed by atoms with Crippen molar-refractivity contribution in [3.05, 3.63) is 59.2 Å². The quantitative estimate of drug-likeness (QED) is 0.764. The van der Waals surface area contributed by atoms with Gasteiger partial charge in [0.1, 0.15) is 0 Å². The van der Waals surface area contributed by atoms with Crippen LogP contribution in [0, 0.1) is 5.92 Å². The van der Waals surface area contributed by atoms with Crippen LogP contribution in [0.1, 0.15) is 30.5 Å². The highest BCUT2D eigenvalue weighted by Crippen LogP contribution is 2.30. The van der Waals surface area contributed by atoms with E-state index in [0.717, 1.165) is 29.7 Å². The lowest BCUT2D eigenvalue weighted by Crippen LogP contribution is -2.38. The second kappa shape index (κ2) is 8.14. The van der Waals surface area contributed by atoms with Gasteiger partial charge in [-0.3, -0.25) is 4.79 Å². The van der Waals surface area contributed by atoms with E-state index in [1.54, 1.807) is 11.0 Å². The summed E-state index contributed by atoms with van der Waals surface area (Å²) in [7, 11) is 0. The van der Waals surface area contributed by atoms with Crippen LogP contribution in [0.3, 0.4) is 0 Å². The zero-order chi connectivity index (χ0) is 21.2. The van der Waals surface area contributed by atoms with Gasteiger partial charge < -0.3 is 15.5 Å². The molecule has 3 rings (SSSR count). The average molecular weight is 405 g/mol. The molecule has 0 aromatic heterocycles. The molecule has 5 nitrogen and oxygen atoms in total. The number of nitrogens with zero attached hydrogens (tertiary/aromatic N) is 1. The normalized spacial score (nSPS) is 13.8. The Kier molecular flexibility index (Phi) is 5.81. The Hall–Kier alpha value is -3.03. The molecule has 0 spiro atoms. The van der Waals surface area contributed by atoms with Crippen LogP contribution in [-0.4, -0.2) is 23.4 Å². The minimum Gasteiger partial charge on any atom is -0.338 e. The van der Waals surface area contributed by atoms with Gasteiger partial charge in [0, 0.05) is 30.4 Å². The van der Waals surface area contributed by atoms with Crippen molar-refractivity contribution in [1.82, 2.24) is 4.90 Å². The molecule has 2 aromatic carbocycles. The Morgan fingerprint density at radius 2 is 1.59 bits per heavy atom. The first kappa shape index (κ1) is 20.7. The first-order valence-electron chi connectivity index (χ1n) is 9.29. The molecule has 29 heavy (non-hydrogen) atoms. The van der Waals surface area contributed by atoms with Crippen LogP contribution < -0.4 is 10.6 Å². The lowest BCUT2D eigenvalue weighted by molar-refractivity contribution is -0.137. The number of urea groups is 1. The number of nitrogens with one attached hydrogen (secondary N) is 2. The highest BCUT2D eigenvalue weighted by atomic mass is 19.4. The molecule has 0 fully saturated rings. The zero-order valence-corrected chi connectivity index (χ0v) is 16.1. The van der Waals surface area contributed by atoms with Gasteiger partial charge >= 0.3 is 12.2 Å². The molecule has 0 aliphatic carbocycles. The number of amides is 3. The van der Waals surface area contributed by atoms with Gasteiger partial charge in [-0.15, -0.1) is 0 Å². The predicted octanol–water partition coefficient (Wildman–Crippen LogP) is 4.89. The van der Waals surface area contributed by atoms with Gasteiger partial charge in [0.15, 0.2) is 0 Å². The molecule has 1 aliphatic rings. The van der Waals surface area contributed by atoms with E-state index in [4.69, 9.17) is 0 Å². The summed E-state index contributed by atoms with van der Waals surface area (Å²) in [6, 6.07) is 9.17. The highest BCUT2D eigenvalue weighted by molar-refractivity contribution is 5.99. The fourth-order valence-electron chi connectivity index (χ4n) is 3.22. The van der Waals surface area contributed by atoms with Gasteiger partial charge in [0.2, 0.25) is 5.91 Å². The number of hydrogen-bond acceptors (Lipinski definition) is 2. The van der Waals surface area contributed by atoms with E-state index in [9.17, 15) is 22.8 Å². The summed E-state index contributed by atoms with van der Waals surface area (Å²) in [4.78, 5) is 26.2. The van der Waals surface area contributed by atoms with Gasteiger partial charge in [0.05, 0.1) is 5.56 Å². The Morgan fingerprint density at radius 3 is 2.21 bits per heavy atom. The van der Waals surface area contributed by atoms with Gasteiger partial charge in [-0.05, 0) is 53.9 Å². The smallest absolute Gasteiger partial charge is 0.338 e. The molecule has 154 valence electrons. The standard InChI is InChI=1S/C21H22F3N3O2/c1-13(2)19(28)27-10-9-14-3-6-18(11-15(14)12-27)26-20(29)25-17-7-4-16(5-8-17)21(22,23)24/h3-8,11,13H,9-10,12H2,1-2H3,(H2,25,26,29). The molecule has 0 bridgehead atoms. The molecular weight excluding hydrogens is 383 g/mol. The van der Waals surface area contributed by atoms with Crippen LogP contribution in [0.4, 0.5) is 29.3 Å². The van der Waals surface area contributed by atoms with E-state index in [2.05, 4.69) is 10.6 Å². The second-order valence-corrected chi connectivity index (χ2v) is 7.30. The molecule has 2 aromatic rings. The average Bonchev–Trinajstić information content (AvgIpc) is 2.66. The third kappa shape index (κ3) is 5.07. The maximum absolute atomic E-state index is 12.6. The zero-order valence-electron chi connectivity index (χ0n) is 16.1. The van der Waals surface area contributed by atoms with E-state index in [1.807, 2.05) is 26.0 Å². The van der Waals surface area contributed by atoms with Gasteiger partial charge in [-0.1, -0.05) is 19.9 Å². The molecule has 0 atom stereocenters. The van der Waals surface area contributed by atoms with Crippen molar-refractivity contribution in [2.45, 2.75) is 33.0 Å². The van der Waals surface area contributed by atoms with E-state index in [0.29, 0.717) is 18.8 Å². The summed E-state index contributed by atoms with van der Waals surface area (Å²) < 4.78 is 37.8. The molecule has 0 radical (unpaired) electrons. The number of rotatable bonds is 3. The highest BCUT2D eigenvalue weighted by Gasteiger charge is 2.30. The molecule has 0 unspecified atom stereocenters. The lowest BCUT2D eigenvalue weighted by Gasteiger charge is -2.30. The van der Waals surface area contributed by atoms with Crippen molar-refractivity contribution in [1.29, 1.82) is 0 Å². The third-order valence-corrected chi connectivity index (χ3v) is 4.75. The van der Waals surface area contributed by atoms with Crippen molar-refractivity contribution in [2.24, 2.45) is 5.92 Å². The number of carbonyl (C=O) groups is 2. The SMILES string of the molecule is CC(C)C(=O)N1CCc2ccc(NC(=O)Nc3ccc(C(F)(F)F)cc3)cc2C1. The van der Waals surface area contributed by atoms with Crippen molar-refractivity contribution < 1.29 is 22.8 Å². The minimum atomic E-state index is -4.42. The number of anilines is 2. The van der Waals surface area contributed by atoms with Gasteiger partial charge in [-0.2, -0.15) is 13.2 Å². The first-order valence-corrected chi connectivity index (χ1v) is 9.29. The predicted molar refractivity (Wildman–Crippen MR) is 104 cm³/mol. The Balaban J connectivity index is 1.64. The first-order chi connectivity index (χ1) is 13.6. The van der Waals surface area contributed by atoms with E-state index in [-0.39, 0.29) is 17.5 Å². The van der Waals surface area contributed by atoms with Crippen LogP contribution in [0.5, 0.6) is 0 Å². The molecule has 8 heteroatoms. The maximum Gasteiger partial charge on any atom is 0.416 e. The van der Waals surface area contributed by atoms with Crippen LogP contribution in [0.2, 0.25) is 0 Å². The van der Waals surface area contributed by atoms with Gasteiger partial charge in [0.25, 0.3) is 0 Å². The minimum absolute atomic E-state index is 0.0765.